The van der Waals surface area contributed by atoms with Gasteiger partial charge in [0.15, 0.2) is 12.4 Å². The monoisotopic (exact) mass is 493 g/mol. The van der Waals surface area contributed by atoms with E-state index in [9.17, 15) is 18.8 Å². The van der Waals surface area contributed by atoms with Gasteiger partial charge in [0.1, 0.15) is 10.8 Å². The van der Waals surface area contributed by atoms with Crippen LogP contribution in [0.2, 0.25) is 0 Å². The van der Waals surface area contributed by atoms with E-state index in [0.29, 0.717) is 48.0 Å². The van der Waals surface area contributed by atoms with Gasteiger partial charge in [-0.1, -0.05) is 30.0 Å². The Hall–Kier alpha value is -3.72. The molecular weight excluding hydrogens is 469 g/mol. The summed E-state index contributed by atoms with van der Waals surface area (Å²) in [5, 5.41) is 0.502. The number of carbonyl (C=O) groups is 3. The standard InChI is InChI=1S/C26H24FN3O4S/c1-18(31)19-9-10-23(22(27)16-19)29-12-14-30(15-13-29)24(32)17-34-26(33)21-8-5-11-28-25(21)35-20-6-3-2-4-7-20/h2-11,16H,12-15,17H2,1H3. The number of hydrogen-bond donors (Lipinski definition) is 0. The maximum absolute atomic E-state index is 14.5. The molecule has 7 nitrogen and oxygen atoms in total. The van der Waals surface area contributed by atoms with Crippen molar-refractivity contribution in [3.8, 4) is 0 Å². The van der Waals surface area contributed by atoms with Crippen molar-refractivity contribution >= 4 is 35.1 Å². The van der Waals surface area contributed by atoms with E-state index in [4.69, 9.17) is 4.74 Å². The Morgan fingerprint density at radius 1 is 1.00 bits per heavy atom. The number of carbonyl (C=O) groups excluding carboxylic acids is 3. The molecule has 1 aliphatic rings. The smallest absolute Gasteiger partial charge is 0.341 e. The van der Waals surface area contributed by atoms with Gasteiger partial charge in [-0.2, -0.15) is 0 Å². The van der Waals surface area contributed by atoms with E-state index in [1.54, 1.807) is 35.4 Å². The number of esters is 1. The van der Waals surface area contributed by atoms with Crippen LogP contribution < -0.4 is 4.90 Å². The molecule has 0 unspecified atom stereocenters. The van der Waals surface area contributed by atoms with Crippen LogP contribution in [0.5, 0.6) is 0 Å². The molecule has 2 aromatic carbocycles. The summed E-state index contributed by atoms with van der Waals surface area (Å²) in [6, 6.07) is 17.2. The normalized spacial score (nSPS) is 13.4. The Kier molecular flexibility index (Phi) is 7.77. The van der Waals surface area contributed by atoms with Gasteiger partial charge in [0, 0.05) is 42.8 Å². The van der Waals surface area contributed by atoms with Gasteiger partial charge in [-0.25, -0.2) is 14.2 Å². The lowest BCUT2D eigenvalue weighted by molar-refractivity contribution is -0.134. The van der Waals surface area contributed by atoms with Gasteiger partial charge in [0.05, 0.1) is 11.3 Å². The number of ketones is 1. The molecule has 1 aliphatic heterocycles. The summed E-state index contributed by atoms with van der Waals surface area (Å²) in [6.45, 7) is 2.60. The molecule has 4 rings (SSSR count). The number of nitrogens with zero attached hydrogens (tertiary/aromatic N) is 3. The number of pyridine rings is 1. The molecule has 180 valence electrons. The Balaban J connectivity index is 1.31. The third-order valence-electron chi connectivity index (χ3n) is 5.60. The van der Waals surface area contributed by atoms with E-state index in [2.05, 4.69) is 4.98 Å². The number of ether oxygens (including phenoxy) is 1. The van der Waals surface area contributed by atoms with Crippen molar-refractivity contribution in [1.82, 2.24) is 9.88 Å². The number of piperazine rings is 1. The van der Waals surface area contributed by atoms with Crippen LogP contribution in [-0.2, 0) is 9.53 Å². The largest absolute Gasteiger partial charge is 0.452 e. The fourth-order valence-corrected chi connectivity index (χ4v) is 4.59. The third-order valence-corrected chi connectivity index (χ3v) is 6.63. The molecule has 0 aliphatic carbocycles. The molecule has 1 aromatic heterocycles. The second-order valence-electron chi connectivity index (χ2n) is 7.94. The summed E-state index contributed by atoms with van der Waals surface area (Å²) >= 11 is 1.34. The minimum Gasteiger partial charge on any atom is -0.452 e. The molecule has 1 fully saturated rings. The highest BCUT2D eigenvalue weighted by Crippen LogP contribution is 2.28. The van der Waals surface area contributed by atoms with Crippen molar-refractivity contribution in [3.05, 3.63) is 83.8 Å². The zero-order valence-corrected chi connectivity index (χ0v) is 20.0. The predicted molar refractivity (Wildman–Crippen MR) is 130 cm³/mol. The van der Waals surface area contributed by atoms with Crippen LogP contribution in [0, 0.1) is 5.82 Å². The third kappa shape index (κ3) is 6.05. The number of benzene rings is 2. The minimum atomic E-state index is -0.615. The van der Waals surface area contributed by atoms with Crippen LogP contribution in [0.25, 0.3) is 0 Å². The average Bonchev–Trinajstić information content (AvgIpc) is 2.88. The summed E-state index contributed by atoms with van der Waals surface area (Å²) in [4.78, 5) is 45.4. The first kappa shape index (κ1) is 24.4. The second kappa shape index (κ2) is 11.1. The molecule has 9 heteroatoms. The number of hydrogen-bond acceptors (Lipinski definition) is 7. The van der Waals surface area contributed by atoms with Crippen LogP contribution in [0.3, 0.4) is 0 Å². The van der Waals surface area contributed by atoms with Crippen LogP contribution >= 0.6 is 11.8 Å². The summed E-state index contributed by atoms with van der Waals surface area (Å²) in [5.74, 6) is -1.59. The Labute approximate surface area is 206 Å². The molecule has 0 radical (unpaired) electrons. The summed E-state index contributed by atoms with van der Waals surface area (Å²) in [6.07, 6.45) is 1.60. The predicted octanol–water partition coefficient (Wildman–Crippen LogP) is 4.08. The number of halogens is 1. The van der Waals surface area contributed by atoms with Gasteiger partial charge < -0.3 is 14.5 Å². The quantitative estimate of drug-likeness (QED) is 0.362. The van der Waals surface area contributed by atoms with Gasteiger partial charge in [0.25, 0.3) is 5.91 Å². The van der Waals surface area contributed by atoms with Gasteiger partial charge >= 0.3 is 5.97 Å². The number of amides is 1. The Morgan fingerprint density at radius 2 is 1.74 bits per heavy atom. The van der Waals surface area contributed by atoms with Gasteiger partial charge in [-0.05, 0) is 49.4 Å². The van der Waals surface area contributed by atoms with Gasteiger partial charge in [-0.15, -0.1) is 0 Å². The highest BCUT2D eigenvalue weighted by atomic mass is 32.2. The second-order valence-corrected chi connectivity index (χ2v) is 9.00. The van der Waals surface area contributed by atoms with Crippen LogP contribution in [0.15, 0.2) is 76.8 Å². The highest BCUT2D eigenvalue weighted by Gasteiger charge is 2.24. The maximum Gasteiger partial charge on any atom is 0.341 e. The van der Waals surface area contributed by atoms with E-state index in [1.807, 2.05) is 35.2 Å². The lowest BCUT2D eigenvalue weighted by Crippen LogP contribution is -2.50. The molecule has 1 amide bonds. The van der Waals surface area contributed by atoms with Crippen LogP contribution in [-0.4, -0.2) is 60.3 Å². The van der Waals surface area contributed by atoms with Crippen LogP contribution in [0.1, 0.15) is 27.6 Å². The van der Waals surface area contributed by atoms with Crippen molar-refractivity contribution in [2.75, 3.05) is 37.7 Å². The summed E-state index contributed by atoms with van der Waals surface area (Å²) in [5.41, 5.74) is 1.01. The van der Waals surface area contributed by atoms with Crippen molar-refractivity contribution in [2.24, 2.45) is 0 Å². The first-order valence-corrected chi connectivity index (χ1v) is 11.9. The molecule has 0 N–H and O–H groups in total. The average molecular weight is 494 g/mol. The molecule has 0 bridgehead atoms. The van der Waals surface area contributed by atoms with Crippen molar-refractivity contribution in [2.45, 2.75) is 16.8 Å². The lowest BCUT2D eigenvalue weighted by atomic mass is 10.1. The minimum absolute atomic E-state index is 0.197. The van der Waals surface area contributed by atoms with Gasteiger partial charge in [-0.3, -0.25) is 9.59 Å². The fraction of sp³-hybridized carbons (Fsp3) is 0.231. The van der Waals surface area contributed by atoms with E-state index >= 15 is 0 Å². The van der Waals surface area contributed by atoms with E-state index in [-0.39, 0.29) is 18.3 Å². The van der Waals surface area contributed by atoms with Crippen molar-refractivity contribution in [1.29, 1.82) is 0 Å². The van der Waals surface area contributed by atoms with Gasteiger partial charge in [0.2, 0.25) is 0 Å². The molecule has 35 heavy (non-hydrogen) atoms. The molecule has 0 saturated carbocycles. The van der Waals surface area contributed by atoms with E-state index < -0.39 is 11.8 Å². The number of Topliss-reactive ketones (excluding diaryl/α,β-unsaturated/α-hetero) is 1. The Bertz CT molecular complexity index is 1230. The van der Waals surface area contributed by atoms with Crippen LogP contribution in [0.4, 0.5) is 10.1 Å². The van der Waals surface area contributed by atoms with E-state index in [0.717, 1.165) is 4.90 Å². The maximum atomic E-state index is 14.5. The SMILES string of the molecule is CC(=O)c1ccc(N2CCN(C(=O)COC(=O)c3cccnc3Sc3ccccc3)CC2)c(F)c1. The number of rotatable bonds is 7. The fourth-order valence-electron chi connectivity index (χ4n) is 3.70. The zero-order chi connectivity index (χ0) is 24.8. The number of aromatic nitrogens is 1. The molecule has 2 heterocycles. The molecule has 1 saturated heterocycles. The first-order chi connectivity index (χ1) is 16.9. The van der Waals surface area contributed by atoms with E-state index in [1.165, 1.54) is 24.8 Å². The summed E-state index contributed by atoms with van der Waals surface area (Å²) in [7, 11) is 0. The first-order valence-electron chi connectivity index (χ1n) is 11.1. The topological polar surface area (TPSA) is 79.8 Å². The highest BCUT2D eigenvalue weighted by molar-refractivity contribution is 7.99. The molecule has 3 aromatic rings. The molecule has 0 spiro atoms. The zero-order valence-electron chi connectivity index (χ0n) is 19.1. The molecule has 0 atom stereocenters. The number of anilines is 1. The van der Waals surface area contributed by atoms with Crippen molar-refractivity contribution in [3.63, 3.8) is 0 Å². The molecular formula is C26H24FN3O4S. The van der Waals surface area contributed by atoms with Crippen molar-refractivity contribution < 1.29 is 23.5 Å². The lowest BCUT2D eigenvalue weighted by Gasteiger charge is -2.36. The summed E-state index contributed by atoms with van der Waals surface area (Å²) < 4.78 is 19.8. The Morgan fingerprint density at radius 3 is 2.43 bits per heavy atom.